The van der Waals surface area contributed by atoms with Crippen molar-refractivity contribution in [2.75, 3.05) is 12.0 Å². The smallest absolute Gasteiger partial charge is 0.451 e. The van der Waals surface area contributed by atoms with E-state index in [0.29, 0.717) is 0 Å². The van der Waals surface area contributed by atoms with Gasteiger partial charge < -0.3 is 10.2 Å². The van der Waals surface area contributed by atoms with Crippen LogP contribution in [0, 0.1) is 0 Å². The molecule has 0 aromatic carbocycles. The lowest BCUT2D eigenvalue weighted by Gasteiger charge is -2.09. The van der Waals surface area contributed by atoms with E-state index in [2.05, 4.69) is 16.5 Å². The molecule has 1 rings (SSSR count). The quantitative estimate of drug-likeness (QED) is 0.467. The molecule has 5 nitrogen and oxygen atoms in total. The summed E-state index contributed by atoms with van der Waals surface area (Å²) in [6.07, 6.45) is -3.27. The van der Waals surface area contributed by atoms with Crippen molar-refractivity contribution in [2.24, 2.45) is 5.84 Å². The first-order valence-corrected chi connectivity index (χ1v) is 4.14. The minimum absolute atomic E-state index is 0.0400. The highest BCUT2D eigenvalue weighted by Crippen LogP contribution is 2.28. The van der Waals surface area contributed by atoms with E-state index in [4.69, 9.17) is 10.6 Å². The fourth-order valence-electron chi connectivity index (χ4n) is 0.844. The SMILES string of the molecule is C=CCOc1cc(NN)nc(C(F)(F)F)n1. The average Bonchev–Trinajstić information content (AvgIpc) is 2.24. The van der Waals surface area contributed by atoms with Crippen LogP contribution in [0.2, 0.25) is 0 Å². The van der Waals surface area contributed by atoms with Gasteiger partial charge in [-0.3, -0.25) is 0 Å². The van der Waals surface area contributed by atoms with Crippen LogP contribution in [0.3, 0.4) is 0 Å². The summed E-state index contributed by atoms with van der Waals surface area (Å²) in [6.45, 7) is 3.40. The molecule has 1 heterocycles. The Morgan fingerprint density at radius 2 is 2.19 bits per heavy atom. The lowest BCUT2D eigenvalue weighted by atomic mass is 10.5. The number of nitrogen functional groups attached to an aromatic ring is 1. The summed E-state index contributed by atoms with van der Waals surface area (Å²) >= 11 is 0. The molecule has 0 radical (unpaired) electrons. The molecule has 0 spiro atoms. The number of halogens is 3. The lowest BCUT2D eigenvalue weighted by molar-refractivity contribution is -0.145. The van der Waals surface area contributed by atoms with Gasteiger partial charge in [-0.25, -0.2) is 10.8 Å². The summed E-state index contributed by atoms with van der Waals surface area (Å²) in [5.41, 5.74) is 2.00. The molecular weight excluding hydrogens is 225 g/mol. The molecular formula is C8H9F3N4O. The summed E-state index contributed by atoms with van der Waals surface area (Å²) in [5, 5.41) is 0. The number of hydrogen-bond donors (Lipinski definition) is 2. The first-order valence-electron chi connectivity index (χ1n) is 4.14. The third-order valence-electron chi connectivity index (χ3n) is 1.45. The number of anilines is 1. The Kier molecular flexibility index (Phi) is 3.67. The van der Waals surface area contributed by atoms with Crippen LogP contribution in [0.25, 0.3) is 0 Å². The van der Waals surface area contributed by atoms with Crippen LogP contribution in [-0.4, -0.2) is 16.6 Å². The Balaban J connectivity index is 3.05. The van der Waals surface area contributed by atoms with Crippen LogP contribution in [0.1, 0.15) is 5.82 Å². The Morgan fingerprint density at radius 1 is 1.50 bits per heavy atom. The minimum Gasteiger partial charge on any atom is -0.473 e. The molecule has 0 unspecified atom stereocenters. The molecule has 0 aliphatic heterocycles. The zero-order valence-electron chi connectivity index (χ0n) is 8.08. The van der Waals surface area contributed by atoms with Crippen LogP contribution in [0.4, 0.5) is 19.0 Å². The van der Waals surface area contributed by atoms with Gasteiger partial charge in [-0.1, -0.05) is 12.7 Å². The van der Waals surface area contributed by atoms with Gasteiger partial charge in [0.05, 0.1) is 0 Å². The predicted molar refractivity (Wildman–Crippen MR) is 50.5 cm³/mol. The molecule has 88 valence electrons. The van der Waals surface area contributed by atoms with Gasteiger partial charge in [0.25, 0.3) is 0 Å². The van der Waals surface area contributed by atoms with Crippen LogP contribution in [-0.2, 0) is 6.18 Å². The number of aromatic nitrogens is 2. The third-order valence-corrected chi connectivity index (χ3v) is 1.45. The molecule has 0 aliphatic carbocycles. The van der Waals surface area contributed by atoms with Gasteiger partial charge in [0.15, 0.2) is 0 Å². The predicted octanol–water partition coefficient (Wildman–Crippen LogP) is 1.35. The van der Waals surface area contributed by atoms with Crippen LogP contribution in [0.15, 0.2) is 18.7 Å². The molecule has 1 aromatic heterocycles. The van der Waals surface area contributed by atoms with E-state index in [0.717, 1.165) is 6.07 Å². The van der Waals surface area contributed by atoms with Gasteiger partial charge in [0.2, 0.25) is 11.7 Å². The Morgan fingerprint density at radius 3 is 2.69 bits per heavy atom. The lowest BCUT2D eigenvalue weighted by Crippen LogP contribution is -2.16. The van der Waals surface area contributed by atoms with E-state index in [-0.39, 0.29) is 18.3 Å². The molecule has 0 aliphatic rings. The number of nitrogens with two attached hydrogens (primary N) is 1. The highest BCUT2D eigenvalue weighted by Gasteiger charge is 2.35. The summed E-state index contributed by atoms with van der Waals surface area (Å²) in [5.74, 6) is 3.25. The van der Waals surface area contributed by atoms with Gasteiger partial charge >= 0.3 is 6.18 Å². The second kappa shape index (κ2) is 4.79. The monoisotopic (exact) mass is 234 g/mol. The largest absolute Gasteiger partial charge is 0.473 e. The van der Waals surface area contributed by atoms with E-state index in [1.807, 2.05) is 5.43 Å². The minimum atomic E-state index is -4.65. The molecule has 16 heavy (non-hydrogen) atoms. The maximum Gasteiger partial charge on any atom is 0.451 e. The Bertz CT molecular complexity index is 380. The van der Waals surface area contributed by atoms with Crippen molar-refractivity contribution in [2.45, 2.75) is 6.18 Å². The van der Waals surface area contributed by atoms with E-state index in [9.17, 15) is 13.2 Å². The molecule has 0 amide bonds. The standard InChI is InChI=1S/C8H9F3N4O/c1-2-3-16-6-4-5(15-12)13-7(14-6)8(9,10)11/h2,4H,1,3,12H2,(H,13,14,15). The van der Waals surface area contributed by atoms with Crippen molar-refractivity contribution < 1.29 is 17.9 Å². The Hall–Kier alpha value is -1.83. The van der Waals surface area contributed by atoms with Crippen molar-refractivity contribution in [1.29, 1.82) is 0 Å². The summed E-state index contributed by atoms with van der Waals surface area (Å²) < 4.78 is 41.9. The normalized spacial score (nSPS) is 11.0. The highest BCUT2D eigenvalue weighted by molar-refractivity contribution is 5.37. The molecule has 8 heteroatoms. The Labute approximate surface area is 89.1 Å². The second-order valence-corrected chi connectivity index (χ2v) is 2.66. The van der Waals surface area contributed by atoms with Crippen LogP contribution in [0.5, 0.6) is 5.88 Å². The van der Waals surface area contributed by atoms with Crippen molar-refractivity contribution in [3.63, 3.8) is 0 Å². The molecule has 0 saturated heterocycles. The van der Waals surface area contributed by atoms with E-state index in [1.165, 1.54) is 6.08 Å². The van der Waals surface area contributed by atoms with Crippen LogP contribution >= 0.6 is 0 Å². The fraction of sp³-hybridized carbons (Fsp3) is 0.250. The third kappa shape index (κ3) is 3.09. The molecule has 0 bridgehead atoms. The van der Waals surface area contributed by atoms with E-state index in [1.54, 1.807) is 0 Å². The van der Waals surface area contributed by atoms with Gasteiger partial charge in [-0.2, -0.15) is 18.2 Å². The number of rotatable bonds is 4. The second-order valence-electron chi connectivity index (χ2n) is 2.66. The van der Waals surface area contributed by atoms with Crippen molar-refractivity contribution in [3.8, 4) is 5.88 Å². The topological polar surface area (TPSA) is 73.1 Å². The molecule has 0 saturated carbocycles. The highest BCUT2D eigenvalue weighted by atomic mass is 19.4. The maximum atomic E-state index is 12.3. The number of ether oxygens (including phenoxy) is 1. The van der Waals surface area contributed by atoms with E-state index >= 15 is 0 Å². The summed E-state index contributed by atoms with van der Waals surface area (Å²) in [7, 11) is 0. The first kappa shape index (κ1) is 12.2. The molecule has 1 aromatic rings. The van der Waals surface area contributed by atoms with Crippen molar-refractivity contribution >= 4 is 5.82 Å². The summed E-state index contributed by atoms with van der Waals surface area (Å²) in [4.78, 5) is 6.34. The zero-order valence-corrected chi connectivity index (χ0v) is 8.08. The molecule has 0 fully saturated rings. The van der Waals surface area contributed by atoms with Gasteiger partial charge in [-0.05, 0) is 0 Å². The molecule has 3 N–H and O–H groups in total. The first-order chi connectivity index (χ1) is 7.47. The maximum absolute atomic E-state index is 12.3. The number of hydrazine groups is 1. The average molecular weight is 234 g/mol. The van der Waals surface area contributed by atoms with Crippen LogP contribution < -0.4 is 16.0 Å². The van der Waals surface area contributed by atoms with Crippen molar-refractivity contribution in [1.82, 2.24) is 9.97 Å². The van der Waals surface area contributed by atoms with E-state index < -0.39 is 12.0 Å². The summed E-state index contributed by atoms with van der Waals surface area (Å²) in [6, 6.07) is 1.15. The zero-order chi connectivity index (χ0) is 12.2. The van der Waals surface area contributed by atoms with Gasteiger partial charge in [0.1, 0.15) is 12.4 Å². The number of alkyl halides is 3. The van der Waals surface area contributed by atoms with Crippen molar-refractivity contribution in [3.05, 3.63) is 24.5 Å². The van der Waals surface area contributed by atoms with Gasteiger partial charge in [-0.15, -0.1) is 0 Å². The number of nitrogens with one attached hydrogen (secondary N) is 1. The fourth-order valence-corrected chi connectivity index (χ4v) is 0.844. The van der Waals surface area contributed by atoms with Gasteiger partial charge in [0, 0.05) is 6.07 Å². The number of hydrogen-bond acceptors (Lipinski definition) is 5. The number of nitrogens with zero attached hydrogens (tertiary/aromatic N) is 2. The molecule has 0 atom stereocenters.